The molecular weight excluding hydrogens is 315 g/mol. The highest BCUT2D eigenvalue weighted by atomic mass is 79.9. The summed E-state index contributed by atoms with van der Waals surface area (Å²) in [6.45, 7) is 3.85. The van der Waals surface area contributed by atoms with E-state index in [1.165, 1.54) is 12.1 Å². The largest absolute Gasteiger partial charge is 0.317 e. The number of nitrogens with one attached hydrogen (secondary N) is 2. The topological polar surface area (TPSA) is 70.7 Å². The van der Waals surface area contributed by atoms with Gasteiger partial charge in [0.1, 0.15) is 11.6 Å². The van der Waals surface area contributed by atoms with E-state index >= 15 is 0 Å². The van der Waals surface area contributed by atoms with E-state index in [9.17, 15) is 9.18 Å². The highest BCUT2D eigenvalue weighted by Crippen LogP contribution is 2.19. The fraction of sp³-hybridized carbons (Fsp3) is 0.250. The second kappa shape index (κ2) is 5.48. The number of aromatic nitrogens is 3. The third kappa shape index (κ3) is 3.17. The van der Waals surface area contributed by atoms with Gasteiger partial charge in [-0.05, 0) is 18.2 Å². The van der Waals surface area contributed by atoms with Crippen molar-refractivity contribution in [1.29, 1.82) is 0 Å². The van der Waals surface area contributed by atoms with Crippen LogP contribution in [0.4, 0.5) is 10.1 Å². The zero-order valence-electron chi connectivity index (χ0n) is 10.4. The van der Waals surface area contributed by atoms with Gasteiger partial charge in [0.05, 0.1) is 5.69 Å². The maximum Gasteiger partial charge on any atom is 0.295 e. The molecule has 0 atom stereocenters. The summed E-state index contributed by atoms with van der Waals surface area (Å²) in [7, 11) is 0. The highest BCUT2D eigenvalue weighted by molar-refractivity contribution is 9.10. The number of benzene rings is 1. The van der Waals surface area contributed by atoms with Crippen LogP contribution in [0.3, 0.4) is 0 Å². The van der Waals surface area contributed by atoms with Crippen molar-refractivity contribution < 1.29 is 9.18 Å². The first-order chi connectivity index (χ1) is 8.97. The van der Waals surface area contributed by atoms with Gasteiger partial charge < -0.3 is 5.32 Å². The van der Waals surface area contributed by atoms with Gasteiger partial charge in [0.25, 0.3) is 5.91 Å². The van der Waals surface area contributed by atoms with Crippen molar-refractivity contribution in [2.75, 3.05) is 5.32 Å². The summed E-state index contributed by atoms with van der Waals surface area (Å²) in [5.41, 5.74) is 0.0871. The van der Waals surface area contributed by atoms with Crippen LogP contribution < -0.4 is 5.32 Å². The number of hydrogen-bond donors (Lipinski definition) is 2. The van der Waals surface area contributed by atoms with Crippen LogP contribution in [0.2, 0.25) is 0 Å². The molecule has 0 unspecified atom stereocenters. The van der Waals surface area contributed by atoms with Gasteiger partial charge in [-0.1, -0.05) is 29.8 Å². The minimum Gasteiger partial charge on any atom is -0.317 e. The maximum atomic E-state index is 13.6. The Morgan fingerprint density at radius 1 is 1.47 bits per heavy atom. The molecule has 0 aliphatic carbocycles. The minimum absolute atomic E-state index is 0.00832. The molecule has 100 valence electrons. The van der Waals surface area contributed by atoms with E-state index in [-0.39, 0.29) is 17.4 Å². The van der Waals surface area contributed by atoms with E-state index in [2.05, 4.69) is 36.4 Å². The van der Waals surface area contributed by atoms with E-state index in [0.29, 0.717) is 10.3 Å². The molecule has 0 aliphatic heterocycles. The smallest absolute Gasteiger partial charge is 0.295 e. The van der Waals surface area contributed by atoms with Crippen LogP contribution in [0.15, 0.2) is 22.7 Å². The van der Waals surface area contributed by atoms with Crippen LogP contribution in [0.5, 0.6) is 0 Å². The Morgan fingerprint density at radius 3 is 2.79 bits per heavy atom. The Bertz CT molecular complexity index is 612. The van der Waals surface area contributed by atoms with Crippen molar-refractivity contribution in [1.82, 2.24) is 15.2 Å². The predicted molar refractivity (Wildman–Crippen MR) is 72.5 cm³/mol. The average molecular weight is 327 g/mol. The van der Waals surface area contributed by atoms with Crippen molar-refractivity contribution in [2.45, 2.75) is 19.8 Å². The fourth-order valence-corrected chi connectivity index (χ4v) is 1.74. The number of carbonyl (C=O) groups excluding carboxylic acids is 1. The summed E-state index contributed by atoms with van der Waals surface area (Å²) in [5.74, 6) is -0.336. The third-order valence-corrected chi connectivity index (χ3v) is 2.93. The number of hydrogen-bond acceptors (Lipinski definition) is 3. The molecule has 1 amide bonds. The van der Waals surface area contributed by atoms with Crippen LogP contribution in [0, 0.1) is 5.82 Å². The Morgan fingerprint density at radius 2 is 2.21 bits per heavy atom. The molecule has 0 spiro atoms. The zero-order valence-corrected chi connectivity index (χ0v) is 12.0. The van der Waals surface area contributed by atoms with Gasteiger partial charge in [0, 0.05) is 10.4 Å². The lowest BCUT2D eigenvalue weighted by Crippen LogP contribution is -2.14. The minimum atomic E-state index is -0.552. The summed E-state index contributed by atoms with van der Waals surface area (Å²) in [4.78, 5) is 15.9. The molecular formula is C12H12BrFN4O. The Balaban J connectivity index is 2.16. The Hall–Kier alpha value is -1.76. The number of aromatic amines is 1. The lowest BCUT2D eigenvalue weighted by Gasteiger charge is -2.04. The van der Waals surface area contributed by atoms with Crippen LogP contribution in [-0.2, 0) is 0 Å². The van der Waals surface area contributed by atoms with Gasteiger partial charge in [0.2, 0.25) is 5.82 Å². The van der Waals surface area contributed by atoms with E-state index in [1.807, 2.05) is 13.8 Å². The molecule has 1 aromatic carbocycles. The van der Waals surface area contributed by atoms with E-state index in [4.69, 9.17) is 0 Å². The molecule has 7 heteroatoms. The molecule has 2 N–H and O–H groups in total. The number of carbonyl (C=O) groups is 1. The van der Waals surface area contributed by atoms with E-state index in [0.717, 1.165) is 0 Å². The van der Waals surface area contributed by atoms with Crippen molar-refractivity contribution in [2.24, 2.45) is 0 Å². The summed E-state index contributed by atoms with van der Waals surface area (Å²) in [5, 5.41) is 8.90. The van der Waals surface area contributed by atoms with Crippen molar-refractivity contribution in [3.63, 3.8) is 0 Å². The van der Waals surface area contributed by atoms with E-state index < -0.39 is 11.7 Å². The first kappa shape index (κ1) is 13.7. The lowest BCUT2D eigenvalue weighted by atomic mass is 10.2. The monoisotopic (exact) mass is 326 g/mol. The summed E-state index contributed by atoms with van der Waals surface area (Å²) < 4.78 is 14.2. The standard InChI is InChI=1S/C12H12BrFN4O/c1-6(2)10-16-11(18-17-10)12(19)15-9-4-3-7(13)5-8(9)14/h3-6H,1-2H3,(H,15,19)(H,16,17,18). The van der Waals surface area contributed by atoms with Gasteiger partial charge >= 0.3 is 0 Å². The van der Waals surface area contributed by atoms with E-state index in [1.54, 1.807) is 6.07 Å². The van der Waals surface area contributed by atoms with Crippen LogP contribution in [-0.4, -0.2) is 21.1 Å². The second-order valence-corrected chi connectivity index (χ2v) is 5.19. The number of anilines is 1. The zero-order chi connectivity index (χ0) is 14.0. The number of amides is 1. The number of nitrogens with zero attached hydrogens (tertiary/aromatic N) is 2. The van der Waals surface area contributed by atoms with Crippen LogP contribution >= 0.6 is 15.9 Å². The number of rotatable bonds is 3. The maximum absolute atomic E-state index is 13.6. The molecule has 0 fully saturated rings. The summed E-state index contributed by atoms with van der Waals surface area (Å²) in [6, 6.07) is 4.37. The molecule has 1 heterocycles. The number of halogens is 2. The first-order valence-corrected chi connectivity index (χ1v) is 6.45. The van der Waals surface area contributed by atoms with Gasteiger partial charge in [0.15, 0.2) is 0 Å². The quantitative estimate of drug-likeness (QED) is 0.910. The molecule has 5 nitrogen and oxygen atoms in total. The average Bonchev–Trinajstić information content (AvgIpc) is 2.82. The van der Waals surface area contributed by atoms with Gasteiger partial charge in [-0.2, -0.15) is 0 Å². The Kier molecular flexibility index (Phi) is 3.94. The second-order valence-electron chi connectivity index (χ2n) is 4.28. The summed E-state index contributed by atoms with van der Waals surface area (Å²) >= 11 is 3.14. The van der Waals surface area contributed by atoms with Crippen LogP contribution in [0.25, 0.3) is 0 Å². The van der Waals surface area contributed by atoms with Gasteiger partial charge in [-0.3, -0.25) is 9.89 Å². The van der Waals surface area contributed by atoms with Crippen molar-refractivity contribution in [3.05, 3.63) is 40.1 Å². The summed E-state index contributed by atoms with van der Waals surface area (Å²) in [6.07, 6.45) is 0. The SMILES string of the molecule is CC(C)c1nc(C(=O)Nc2ccc(Br)cc2F)n[nH]1. The normalized spacial score (nSPS) is 10.8. The highest BCUT2D eigenvalue weighted by Gasteiger charge is 2.15. The molecule has 2 rings (SSSR count). The lowest BCUT2D eigenvalue weighted by molar-refractivity contribution is 0.101. The van der Waals surface area contributed by atoms with Crippen molar-refractivity contribution >= 4 is 27.5 Å². The molecule has 0 saturated heterocycles. The van der Waals surface area contributed by atoms with Crippen molar-refractivity contribution in [3.8, 4) is 0 Å². The number of H-pyrrole nitrogens is 1. The molecule has 0 radical (unpaired) electrons. The molecule has 19 heavy (non-hydrogen) atoms. The molecule has 2 aromatic rings. The van der Waals surface area contributed by atoms with Gasteiger partial charge in [-0.25, -0.2) is 9.37 Å². The first-order valence-electron chi connectivity index (χ1n) is 5.66. The molecule has 0 saturated carbocycles. The third-order valence-electron chi connectivity index (χ3n) is 2.43. The molecule has 0 aliphatic rings. The van der Waals surface area contributed by atoms with Gasteiger partial charge in [-0.15, -0.1) is 5.10 Å². The molecule has 0 bridgehead atoms. The Labute approximate surface area is 117 Å². The predicted octanol–water partition coefficient (Wildman–Crippen LogP) is 3.08. The fourth-order valence-electron chi connectivity index (χ4n) is 1.40. The van der Waals surface area contributed by atoms with Crippen LogP contribution in [0.1, 0.15) is 36.2 Å². The molecule has 1 aromatic heterocycles.